The molecule has 1 rings (SSSR count). The number of carbonyl (C=O) groups is 1. The number of amides is 1. The van der Waals surface area contributed by atoms with Crippen molar-refractivity contribution >= 4 is 17.5 Å². The van der Waals surface area contributed by atoms with Gasteiger partial charge in [-0.15, -0.1) is 11.6 Å². The van der Waals surface area contributed by atoms with Gasteiger partial charge in [-0.1, -0.05) is 27.7 Å². The summed E-state index contributed by atoms with van der Waals surface area (Å²) in [6.07, 6.45) is 1.96. The predicted octanol–water partition coefficient (Wildman–Crippen LogP) is 2.80. The minimum Gasteiger partial charge on any atom is -0.355 e. The molecule has 0 bridgehead atoms. The van der Waals surface area contributed by atoms with E-state index in [-0.39, 0.29) is 22.7 Å². The van der Waals surface area contributed by atoms with E-state index >= 15 is 0 Å². The highest BCUT2D eigenvalue weighted by molar-refractivity contribution is 6.17. The Kier molecular flexibility index (Phi) is 3.70. The van der Waals surface area contributed by atoms with Gasteiger partial charge in [0.1, 0.15) is 0 Å². The van der Waals surface area contributed by atoms with Crippen LogP contribution in [0, 0.1) is 16.7 Å². The fourth-order valence-corrected chi connectivity index (χ4v) is 2.22. The van der Waals surface area contributed by atoms with Gasteiger partial charge in [-0.25, -0.2) is 0 Å². The summed E-state index contributed by atoms with van der Waals surface area (Å²) >= 11 is 5.71. The smallest absolute Gasteiger partial charge is 0.223 e. The lowest BCUT2D eigenvalue weighted by Gasteiger charge is -2.24. The monoisotopic (exact) mass is 231 g/mol. The van der Waals surface area contributed by atoms with Gasteiger partial charge in [-0.2, -0.15) is 0 Å². The molecule has 0 saturated heterocycles. The number of alkyl halides is 1. The average Bonchev–Trinajstić information content (AvgIpc) is 2.71. The zero-order valence-corrected chi connectivity index (χ0v) is 10.9. The summed E-state index contributed by atoms with van der Waals surface area (Å²) in [5, 5.41) is 3.03. The summed E-state index contributed by atoms with van der Waals surface area (Å²) in [5.41, 5.74) is 0.331. The molecular weight excluding hydrogens is 210 g/mol. The van der Waals surface area contributed by atoms with Crippen molar-refractivity contribution in [2.75, 3.05) is 12.4 Å². The molecule has 2 nitrogen and oxygen atoms in total. The summed E-state index contributed by atoms with van der Waals surface area (Å²) in [6, 6.07) is 0. The van der Waals surface area contributed by atoms with Gasteiger partial charge in [-0.3, -0.25) is 4.79 Å². The second kappa shape index (κ2) is 4.32. The number of hydrogen-bond acceptors (Lipinski definition) is 1. The van der Waals surface area contributed by atoms with E-state index in [2.05, 4.69) is 33.0 Å². The number of nitrogens with one attached hydrogen (secondary N) is 1. The first kappa shape index (κ1) is 12.8. The van der Waals surface area contributed by atoms with E-state index in [0.29, 0.717) is 5.88 Å². The normalized spacial score (nSPS) is 23.7. The van der Waals surface area contributed by atoms with Gasteiger partial charge in [0.2, 0.25) is 5.91 Å². The molecule has 1 saturated carbocycles. The Bertz CT molecular complexity index is 248. The van der Waals surface area contributed by atoms with Gasteiger partial charge < -0.3 is 5.32 Å². The molecule has 0 aliphatic heterocycles. The molecule has 1 fully saturated rings. The third-order valence-electron chi connectivity index (χ3n) is 3.34. The standard InChI is InChI=1S/C12H22ClNO/c1-11(2,5-6-13)8-14-10(15)9-7-12(9,3)4/h9H,5-8H2,1-4H3,(H,14,15). The lowest BCUT2D eigenvalue weighted by molar-refractivity contribution is -0.123. The van der Waals surface area contributed by atoms with Crippen molar-refractivity contribution in [2.45, 2.75) is 40.5 Å². The summed E-state index contributed by atoms with van der Waals surface area (Å²) in [7, 11) is 0. The van der Waals surface area contributed by atoms with Crippen LogP contribution in [-0.2, 0) is 4.79 Å². The summed E-state index contributed by atoms with van der Waals surface area (Å²) in [6.45, 7) is 9.27. The van der Waals surface area contributed by atoms with E-state index < -0.39 is 0 Å². The number of rotatable bonds is 5. The zero-order chi connectivity index (χ0) is 11.7. The van der Waals surface area contributed by atoms with Crippen molar-refractivity contribution in [3.63, 3.8) is 0 Å². The molecule has 1 unspecified atom stereocenters. The van der Waals surface area contributed by atoms with Crippen molar-refractivity contribution in [2.24, 2.45) is 16.7 Å². The molecule has 0 aromatic carbocycles. The molecule has 1 N–H and O–H groups in total. The molecule has 15 heavy (non-hydrogen) atoms. The van der Waals surface area contributed by atoms with Crippen LogP contribution in [0.3, 0.4) is 0 Å². The average molecular weight is 232 g/mol. The van der Waals surface area contributed by atoms with E-state index in [9.17, 15) is 4.79 Å². The fraction of sp³-hybridized carbons (Fsp3) is 0.917. The molecule has 1 amide bonds. The number of carbonyl (C=O) groups excluding carboxylic acids is 1. The summed E-state index contributed by atoms with van der Waals surface area (Å²) < 4.78 is 0. The van der Waals surface area contributed by atoms with Gasteiger partial charge in [-0.05, 0) is 23.7 Å². The molecule has 0 spiro atoms. The van der Waals surface area contributed by atoms with Crippen LogP contribution in [0.5, 0.6) is 0 Å². The molecule has 0 radical (unpaired) electrons. The number of halogens is 1. The Balaban J connectivity index is 2.29. The maximum absolute atomic E-state index is 11.7. The Morgan fingerprint density at radius 1 is 1.53 bits per heavy atom. The molecule has 0 aromatic heterocycles. The molecular formula is C12H22ClNO. The van der Waals surface area contributed by atoms with Crippen LogP contribution in [0.4, 0.5) is 0 Å². The van der Waals surface area contributed by atoms with Crippen LogP contribution in [-0.4, -0.2) is 18.3 Å². The molecule has 88 valence electrons. The highest BCUT2D eigenvalue weighted by atomic mass is 35.5. The summed E-state index contributed by atoms with van der Waals surface area (Å²) in [4.78, 5) is 11.7. The van der Waals surface area contributed by atoms with Crippen LogP contribution in [0.2, 0.25) is 0 Å². The minimum atomic E-state index is 0.108. The lowest BCUT2D eigenvalue weighted by Crippen LogP contribution is -2.35. The van der Waals surface area contributed by atoms with E-state index in [1.165, 1.54) is 0 Å². The van der Waals surface area contributed by atoms with Gasteiger partial charge in [0.05, 0.1) is 0 Å². The molecule has 1 atom stereocenters. The molecule has 3 heteroatoms. The maximum atomic E-state index is 11.7. The summed E-state index contributed by atoms with van der Waals surface area (Å²) in [5.74, 6) is 1.09. The van der Waals surface area contributed by atoms with Gasteiger partial charge in [0, 0.05) is 18.3 Å². The van der Waals surface area contributed by atoms with Crippen molar-refractivity contribution in [3.05, 3.63) is 0 Å². The number of hydrogen-bond donors (Lipinski definition) is 1. The van der Waals surface area contributed by atoms with E-state index in [1.807, 2.05) is 0 Å². The predicted molar refractivity (Wildman–Crippen MR) is 64.0 cm³/mol. The van der Waals surface area contributed by atoms with Crippen LogP contribution >= 0.6 is 11.6 Å². The second-order valence-electron chi connectivity index (χ2n) is 6.07. The van der Waals surface area contributed by atoms with E-state index in [1.54, 1.807) is 0 Å². The van der Waals surface area contributed by atoms with Gasteiger partial charge in [0.25, 0.3) is 0 Å². The second-order valence-corrected chi connectivity index (χ2v) is 6.44. The SMILES string of the molecule is CC(C)(CCCl)CNC(=O)C1CC1(C)C. The minimum absolute atomic E-state index is 0.108. The largest absolute Gasteiger partial charge is 0.355 e. The van der Waals surface area contributed by atoms with Crippen LogP contribution in [0.25, 0.3) is 0 Å². The third kappa shape index (κ3) is 3.67. The fourth-order valence-electron chi connectivity index (χ4n) is 1.71. The van der Waals surface area contributed by atoms with Gasteiger partial charge >= 0.3 is 0 Å². The highest BCUT2D eigenvalue weighted by Gasteiger charge is 2.50. The first-order chi connectivity index (χ1) is 6.78. The Morgan fingerprint density at radius 2 is 2.07 bits per heavy atom. The van der Waals surface area contributed by atoms with Crippen molar-refractivity contribution in [1.82, 2.24) is 5.32 Å². The first-order valence-electron chi connectivity index (χ1n) is 5.62. The lowest BCUT2D eigenvalue weighted by atomic mass is 9.90. The highest BCUT2D eigenvalue weighted by Crippen LogP contribution is 2.51. The Labute approximate surface area is 97.8 Å². The maximum Gasteiger partial charge on any atom is 0.223 e. The topological polar surface area (TPSA) is 29.1 Å². The van der Waals surface area contributed by atoms with Crippen molar-refractivity contribution in [1.29, 1.82) is 0 Å². The van der Waals surface area contributed by atoms with Crippen LogP contribution in [0.15, 0.2) is 0 Å². The van der Waals surface area contributed by atoms with Crippen LogP contribution in [0.1, 0.15) is 40.5 Å². The third-order valence-corrected chi connectivity index (χ3v) is 3.53. The van der Waals surface area contributed by atoms with E-state index in [4.69, 9.17) is 11.6 Å². The van der Waals surface area contributed by atoms with Gasteiger partial charge in [0.15, 0.2) is 0 Å². The van der Waals surface area contributed by atoms with Crippen molar-refractivity contribution < 1.29 is 4.79 Å². The molecule has 0 aromatic rings. The quantitative estimate of drug-likeness (QED) is 0.725. The Morgan fingerprint density at radius 3 is 2.47 bits per heavy atom. The Hall–Kier alpha value is -0.240. The molecule has 0 heterocycles. The van der Waals surface area contributed by atoms with E-state index in [0.717, 1.165) is 19.4 Å². The zero-order valence-electron chi connectivity index (χ0n) is 10.2. The van der Waals surface area contributed by atoms with Crippen LogP contribution < -0.4 is 5.32 Å². The first-order valence-corrected chi connectivity index (χ1v) is 6.16. The molecule has 1 aliphatic rings. The van der Waals surface area contributed by atoms with Crippen molar-refractivity contribution in [3.8, 4) is 0 Å². The molecule has 1 aliphatic carbocycles.